The first-order valence-corrected chi connectivity index (χ1v) is 7.76. The number of benzene rings is 1. The van der Waals surface area contributed by atoms with Crippen LogP contribution >= 0.6 is 23.2 Å². The van der Waals surface area contributed by atoms with Crippen LogP contribution in [0.1, 0.15) is 43.7 Å². The van der Waals surface area contributed by atoms with Crippen LogP contribution in [0, 0.1) is 5.92 Å². The number of hydrogen-bond donors (Lipinski definition) is 2. The van der Waals surface area contributed by atoms with Crippen molar-refractivity contribution in [3.63, 3.8) is 0 Å². The second kappa shape index (κ2) is 5.25. The summed E-state index contributed by atoms with van der Waals surface area (Å²) in [5.41, 5.74) is 0.639. The maximum absolute atomic E-state index is 10.8. The van der Waals surface area contributed by atoms with Gasteiger partial charge in [0.2, 0.25) is 0 Å². The molecule has 3 rings (SSSR count). The second-order valence-electron chi connectivity index (χ2n) is 5.81. The standard InChI is InChI=1S/C15H19Cl2NO/c16-12-5-4-10(9-13(12)17)14-11-3-1-2-6-15(11,19)7-8-18-14/h4-5,9,11,14,18-19H,1-3,6-8H2/t11-,14+,15-/m0/s1. The summed E-state index contributed by atoms with van der Waals surface area (Å²) in [6.07, 6.45) is 5.20. The van der Waals surface area contributed by atoms with Gasteiger partial charge in [-0.15, -0.1) is 0 Å². The number of fused-ring (bicyclic) bond motifs is 1. The van der Waals surface area contributed by atoms with Crippen molar-refractivity contribution in [3.8, 4) is 0 Å². The lowest BCUT2D eigenvalue weighted by atomic mass is 9.67. The van der Waals surface area contributed by atoms with E-state index in [9.17, 15) is 5.11 Å². The highest BCUT2D eigenvalue weighted by Crippen LogP contribution is 2.46. The van der Waals surface area contributed by atoms with Crippen molar-refractivity contribution < 1.29 is 5.11 Å². The molecule has 1 saturated carbocycles. The molecule has 3 atom stereocenters. The Balaban J connectivity index is 1.92. The lowest BCUT2D eigenvalue weighted by Gasteiger charge is -2.48. The second-order valence-corrected chi connectivity index (χ2v) is 6.63. The van der Waals surface area contributed by atoms with Crippen molar-refractivity contribution in [3.05, 3.63) is 33.8 Å². The van der Waals surface area contributed by atoms with Crippen LogP contribution in [0.4, 0.5) is 0 Å². The molecule has 1 aliphatic heterocycles. The Bertz CT molecular complexity index is 475. The molecule has 1 saturated heterocycles. The van der Waals surface area contributed by atoms with Gasteiger partial charge < -0.3 is 10.4 Å². The van der Waals surface area contributed by atoms with Gasteiger partial charge >= 0.3 is 0 Å². The molecule has 1 aromatic rings. The summed E-state index contributed by atoms with van der Waals surface area (Å²) in [5.74, 6) is 0.284. The fourth-order valence-electron chi connectivity index (χ4n) is 3.68. The van der Waals surface area contributed by atoms with Crippen LogP contribution in [0.3, 0.4) is 0 Å². The summed E-state index contributed by atoms with van der Waals surface area (Å²) in [5, 5.41) is 15.6. The van der Waals surface area contributed by atoms with E-state index in [-0.39, 0.29) is 12.0 Å². The monoisotopic (exact) mass is 299 g/mol. The van der Waals surface area contributed by atoms with E-state index < -0.39 is 5.60 Å². The van der Waals surface area contributed by atoms with Crippen molar-refractivity contribution in [1.82, 2.24) is 5.32 Å². The fourth-order valence-corrected chi connectivity index (χ4v) is 3.99. The smallest absolute Gasteiger partial charge is 0.0706 e. The van der Waals surface area contributed by atoms with Gasteiger partial charge in [0.25, 0.3) is 0 Å². The van der Waals surface area contributed by atoms with Gasteiger partial charge in [-0.3, -0.25) is 0 Å². The Hall–Kier alpha value is -0.280. The molecule has 1 aliphatic carbocycles. The highest BCUT2D eigenvalue weighted by atomic mass is 35.5. The fraction of sp³-hybridized carbons (Fsp3) is 0.600. The van der Waals surface area contributed by atoms with Crippen LogP contribution in [0.2, 0.25) is 10.0 Å². The number of hydrogen-bond acceptors (Lipinski definition) is 2. The average Bonchev–Trinajstić information content (AvgIpc) is 2.40. The Labute approximate surface area is 124 Å². The Kier molecular flexibility index (Phi) is 3.78. The molecular weight excluding hydrogens is 281 g/mol. The van der Waals surface area contributed by atoms with Crippen molar-refractivity contribution >= 4 is 23.2 Å². The van der Waals surface area contributed by atoms with E-state index in [0.717, 1.165) is 37.8 Å². The van der Waals surface area contributed by atoms with Crippen LogP contribution < -0.4 is 5.32 Å². The van der Waals surface area contributed by atoms with Crippen LogP contribution in [0.15, 0.2) is 18.2 Å². The van der Waals surface area contributed by atoms with E-state index in [1.807, 2.05) is 18.2 Å². The number of rotatable bonds is 1. The molecule has 1 heterocycles. The number of aliphatic hydroxyl groups is 1. The maximum Gasteiger partial charge on any atom is 0.0706 e. The first-order chi connectivity index (χ1) is 9.10. The molecule has 0 unspecified atom stereocenters. The van der Waals surface area contributed by atoms with E-state index in [4.69, 9.17) is 23.2 Å². The molecule has 104 valence electrons. The SMILES string of the molecule is O[C@]12CCCC[C@H]1[C@@H](c1ccc(Cl)c(Cl)c1)NCC2. The summed E-state index contributed by atoms with van der Waals surface area (Å²) in [7, 11) is 0. The van der Waals surface area contributed by atoms with Gasteiger partial charge in [-0.2, -0.15) is 0 Å². The molecule has 0 spiro atoms. The zero-order valence-electron chi connectivity index (χ0n) is 10.8. The van der Waals surface area contributed by atoms with Gasteiger partial charge in [0.15, 0.2) is 0 Å². The van der Waals surface area contributed by atoms with E-state index in [1.165, 1.54) is 6.42 Å². The third kappa shape index (κ3) is 2.52. The van der Waals surface area contributed by atoms with Crippen molar-refractivity contribution in [1.29, 1.82) is 0 Å². The first kappa shape index (κ1) is 13.7. The molecule has 2 N–H and O–H groups in total. The molecule has 0 radical (unpaired) electrons. The lowest BCUT2D eigenvalue weighted by Crippen LogP contribution is -2.53. The number of nitrogens with one attached hydrogen (secondary N) is 1. The highest BCUT2D eigenvalue weighted by molar-refractivity contribution is 6.42. The minimum absolute atomic E-state index is 0.189. The Morgan fingerprint density at radius 3 is 2.79 bits per heavy atom. The zero-order chi connectivity index (χ0) is 13.5. The molecule has 0 bridgehead atoms. The summed E-state index contributed by atoms with van der Waals surface area (Å²) in [6, 6.07) is 5.99. The van der Waals surface area contributed by atoms with Crippen molar-refractivity contribution in [2.75, 3.05) is 6.54 Å². The van der Waals surface area contributed by atoms with Crippen LogP contribution in [0.5, 0.6) is 0 Å². The normalized spacial score (nSPS) is 34.9. The quantitative estimate of drug-likeness (QED) is 0.823. The van der Waals surface area contributed by atoms with E-state index in [0.29, 0.717) is 10.0 Å². The minimum atomic E-state index is -0.500. The Morgan fingerprint density at radius 2 is 2.00 bits per heavy atom. The topological polar surface area (TPSA) is 32.3 Å². The summed E-state index contributed by atoms with van der Waals surface area (Å²) in [4.78, 5) is 0. The van der Waals surface area contributed by atoms with E-state index >= 15 is 0 Å². The van der Waals surface area contributed by atoms with E-state index in [2.05, 4.69) is 5.32 Å². The summed E-state index contributed by atoms with van der Waals surface area (Å²) < 4.78 is 0. The molecular formula is C15H19Cl2NO. The van der Waals surface area contributed by atoms with Crippen molar-refractivity contribution in [2.45, 2.75) is 43.7 Å². The molecule has 0 aromatic heterocycles. The predicted molar refractivity (Wildman–Crippen MR) is 78.7 cm³/mol. The zero-order valence-corrected chi connectivity index (χ0v) is 12.3. The molecule has 2 nitrogen and oxygen atoms in total. The minimum Gasteiger partial charge on any atom is -0.389 e. The van der Waals surface area contributed by atoms with Crippen LogP contribution in [0.25, 0.3) is 0 Å². The summed E-state index contributed by atoms with van der Waals surface area (Å²) >= 11 is 12.1. The van der Waals surface area contributed by atoms with Gasteiger partial charge in [0, 0.05) is 12.0 Å². The van der Waals surface area contributed by atoms with E-state index in [1.54, 1.807) is 0 Å². The van der Waals surface area contributed by atoms with Gasteiger partial charge in [0.1, 0.15) is 0 Å². The predicted octanol–water partition coefficient (Wildman–Crippen LogP) is 3.95. The van der Waals surface area contributed by atoms with Gasteiger partial charge in [-0.1, -0.05) is 42.1 Å². The van der Waals surface area contributed by atoms with Gasteiger partial charge in [-0.05, 0) is 43.5 Å². The molecule has 1 aromatic carbocycles. The molecule has 2 aliphatic rings. The molecule has 0 amide bonds. The number of halogens is 2. The highest BCUT2D eigenvalue weighted by Gasteiger charge is 2.45. The van der Waals surface area contributed by atoms with Crippen LogP contribution in [-0.4, -0.2) is 17.3 Å². The molecule has 2 fully saturated rings. The number of piperidine rings is 1. The van der Waals surface area contributed by atoms with Gasteiger partial charge in [0.05, 0.1) is 15.6 Å². The maximum atomic E-state index is 10.8. The largest absolute Gasteiger partial charge is 0.389 e. The molecule has 19 heavy (non-hydrogen) atoms. The van der Waals surface area contributed by atoms with Crippen molar-refractivity contribution in [2.24, 2.45) is 5.92 Å². The van der Waals surface area contributed by atoms with Gasteiger partial charge in [-0.25, -0.2) is 0 Å². The summed E-state index contributed by atoms with van der Waals surface area (Å²) in [6.45, 7) is 0.859. The lowest BCUT2D eigenvalue weighted by molar-refractivity contribution is -0.0861. The third-order valence-electron chi connectivity index (χ3n) is 4.69. The van der Waals surface area contributed by atoms with Crippen LogP contribution in [-0.2, 0) is 0 Å². The Morgan fingerprint density at radius 1 is 1.16 bits per heavy atom. The third-order valence-corrected chi connectivity index (χ3v) is 5.43. The molecule has 4 heteroatoms. The first-order valence-electron chi connectivity index (χ1n) is 7.01. The average molecular weight is 300 g/mol.